The second-order valence-electron chi connectivity index (χ2n) is 3.67. The summed E-state index contributed by atoms with van der Waals surface area (Å²) >= 11 is 0. The summed E-state index contributed by atoms with van der Waals surface area (Å²) in [5.74, 6) is 0.843. The smallest absolute Gasteiger partial charge is 0.222 e. The van der Waals surface area contributed by atoms with Gasteiger partial charge in [0.1, 0.15) is 5.82 Å². The van der Waals surface area contributed by atoms with Crippen LogP contribution in [0.15, 0.2) is 30.1 Å². The minimum atomic E-state index is -3.24. The number of halogens is 1. The highest BCUT2D eigenvalue weighted by atomic mass is 31.2. The van der Waals surface area contributed by atoms with Crippen LogP contribution in [0.2, 0.25) is 0 Å². The molecule has 88 valence electrons. The molecule has 1 unspecified atom stereocenters. The lowest BCUT2D eigenvalue weighted by Crippen LogP contribution is -1.85. The predicted molar refractivity (Wildman–Crippen MR) is 65.0 cm³/mol. The van der Waals surface area contributed by atoms with E-state index in [1.165, 1.54) is 18.0 Å². The van der Waals surface area contributed by atoms with Gasteiger partial charge in [0.05, 0.1) is 0 Å². The van der Waals surface area contributed by atoms with E-state index in [1.54, 1.807) is 18.2 Å². The van der Waals surface area contributed by atoms with Gasteiger partial charge < -0.3 is 4.89 Å². The predicted octanol–water partition coefficient (Wildman–Crippen LogP) is 3.87. The van der Waals surface area contributed by atoms with Crippen molar-refractivity contribution in [1.29, 1.82) is 0 Å². The molecule has 0 radical (unpaired) electrons. The lowest BCUT2D eigenvalue weighted by molar-refractivity contribution is 0.486. The Balaban J connectivity index is 2.73. The van der Waals surface area contributed by atoms with E-state index in [1.807, 2.05) is 6.92 Å². The van der Waals surface area contributed by atoms with Crippen LogP contribution in [-0.2, 0) is 4.57 Å². The highest BCUT2D eigenvalue weighted by Gasteiger charge is 2.12. The maximum atomic E-state index is 13.2. The van der Waals surface area contributed by atoms with E-state index in [2.05, 4.69) is 0 Å². The standard InChI is InChI=1S/C12H16FO2P/c1-2-3-9-16(14,15)10-8-11-6-4-5-7-12(11)13/h4-8,10H,2-3,9H2,1H3,(H,14,15). The van der Waals surface area contributed by atoms with Gasteiger partial charge in [-0.25, -0.2) is 4.39 Å². The molecule has 0 aromatic heterocycles. The number of hydrogen-bond acceptors (Lipinski definition) is 1. The SMILES string of the molecule is CCCCP(=O)(O)C=Cc1ccccc1F. The fourth-order valence-corrected chi connectivity index (χ4v) is 2.58. The van der Waals surface area contributed by atoms with Gasteiger partial charge in [-0.05, 0) is 18.6 Å². The Hall–Kier alpha value is -0.920. The summed E-state index contributed by atoms with van der Waals surface area (Å²) in [4.78, 5) is 9.54. The molecule has 0 amide bonds. The molecule has 1 aromatic carbocycles. The first-order chi connectivity index (χ1) is 7.55. The Morgan fingerprint density at radius 2 is 2.12 bits per heavy atom. The van der Waals surface area contributed by atoms with Crippen LogP contribution in [0.25, 0.3) is 6.08 Å². The minimum Gasteiger partial charge on any atom is -0.341 e. The van der Waals surface area contributed by atoms with Crippen LogP contribution in [0, 0.1) is 5.82 Å². The lowest BCUT2D eigenvalue weighted by Gasteiger charge is -2.05. The van der Waals surface area contributed by atoms with Crippen molar-refractivity contribution in [3.05, 3.63) is 41.5 Å². The van der Waals surface area contributed by atoms with Crippen LogP contribution < -0.4 is 0 Å². The van der Waals surface area contributed by atoms with Gasteiger partial charge in [-0.3, -0.25) is 4.57 Å². The molecule has 1 atom stereocenters. The summed E-state index contributed by atoms with van der Waals surface area (Å²) in [5, 5.41) is 0. The van der Waals surface area contributed by atoms with Crippen molar-refractivity contribution >= 4 is 13.4 Å². The third-order valence-electron chi connectivity index (χ3n) is 2.22. The summed E-state index contributed by atoms with van der Waals surface area (Å²) < 4.78 is 24.8. The molecule has 0 spiro atoms. The molecule has 1 rings (SSSR count). The minimum absolute atomic E-state index is 0.258. The van der Waals surface area contributed by atoms with Crippen LogP contribution >= 0.6 is 7.37 Å². The topological polar surface area (TPSA) is 37.3 Å². The van der Waals surface area contributed by atoms with E-state index in [-0.39, 0.29) is 12.0 Å². The van der Waals surface area contributed by atoms with E-state index >= 15 is 0 Å². The van der Waals surface area contributed by atoms with Crippen molar-refractivity contribution in [2.45, 2.75) is 19.8 Å². The van der Waals surface area contributed by atoms with Gasteiger partial charge in [0.15, 0.2) is 0 Å². The van der Waals surface area contributed by atoms with Crippen molar-refractivity contribution < 1.29 is 13.8 Å². The molecule has 0 fully saturated rings. The second-order valence-corrected chi connectivity index (χ2v) is 5.93. The largest absolute Gasteiger partial charge is 0.341 e. The number of hydrogen-bond donors (Lipinski definition) is 1. The fraction of sp³-hybridized carbons (Fsp3) is 0.333. The van der Waals surface area contributed by atoms with Crippen molar-refractivity contribution in [3.8, 4) is 0 Å². The molecule has 0 saturated carbocycles. The first-order valence-electron chi connectivity index (χ1n) is 5.30. The first-order valence-corrected chi connectivity index (χ1v) is 7.22. The normalized spacial score (nSPS) is 15.2. The van der Waals surface area contributed by atoms with Crippen molar-refractivity contribution in [3.63, 3.8) is 0 Å². The summed E-state index contributed by atoms with van der Waals surface area (Å²) in [6.45, 7) is 1.96. The van der Waals surface area contributed by atoms with Gasteiger partial charge in [-0.1, -0.05) is 31.5 Å². The summed E-state index contributed by atoms with van der Waals surface area (Å²) in [6, 6.07) is 6.18. The van der Waals surface area contributed by atoms with Gasteiger partial charge >= 0.3 is 0 Å². The van der Waals surface area contributed by atoms with E-state index in [9.17, 15) is 13.8 Å². The van der Waals surface area contributed by atoms with Gasteiger partial charge in [-0.2, -0.15) is 0 Å². The molecular formula is C12H16FO2P. The van der Waals surface area contributed by atoms with Gasteiger partial charge in [0.25, 0.3) is 0 Å². The molecule has 0 saturated heterocycles. The Labute approximate surface area is 95.3 Å². The molecule has 1 N–H and O–H groups in total. The molecule has 1 aromatic rings. The quantitative estimate of drug-likeness (QED) is 0.796. The highest BCUT2D eigenvalue weighted by Crippen LogP contribution is 2.43. The average Bonchev–Trinajstić information content (AvgIpc) is 2.26. The molecule has 0 aliphatic rings. The Kier molecular flexibility index (Phi) is 4.91. The Bertz CT molecular complexity index is 415. The zero-order chi connectivity index (χ0) is 12.0. The molecular weight excluding hydrogens is 226 g/mol. The van der Waals surface area contributed by atoms with Crippen LogP contribution in [-0.4, -0.2) is 11.1 Å². The molecule has 0 bridgehead atoms. The highest BCUT2D eigenvalue weighted by molar-refractivity contribution is 7.61. The van der Waals surface area contributed by atoms with Crippen LogP contribution in [0.4, 0.5) is 4.39 Å². The average molecular weight is 242 g/mol. The molecule has 0 aliphatic carbocycles. The Morgan fingerprint density at radius 3 is 2.75 bits per heavy atom. The molecule has 2 nitrogen and oxygen atoms in total. The van der Waals surface area contributed by atoms with Gasteiger partial charge in [0.2, 0.25) is 7.37 Å². The maximum Gasteiger partial charge on any atom is 0.222 e. The lowest BCUT2D eigenvalue weighted by atomic mass is 10.2. The van der Waals surface area contributed by atoms with Gasteiger partial charge in [-0.15, -0.1) is 0 Å². The summed E-state index contributed by atoms with van der Waals surface area (Å²) in [5.41, 5.74) is 0.341. The van der Waals surface area contributed by atoms with Crippen LogP contribution in [0.1, 0.15) is 25.3 Å². The number of rotatable bonds is 5. The zero-order valence-corrected chi connectivity index (χ0v) is 10.2. The molecule has 0 aliphatic heterocycles. The van der Waals surface area contributed by atoms with E-state index < -0.39 is 7.37 Å². The van der Waals surface area contributed by atoms with Crippen LogP contribution in [0.3, 0.4) is 0 Å². The second kappa shape index (κ2) is 5.97. The van der Waals surface area contributed by atoms with Crippen molar-refractivity contribution in [2.24, 2.45) is 0 Å². The zero-order valence-electron chi connectivity index (χ0n) is 9.27. The first kappa shape index (κ1) is 13.1. The third kappa shape index (κ3) is 4.30. The Morgan fingerprint density at radius 1 is 1.44 bits per heavy atom. The van der Waals surface area contributed by atoms with E-state index in [0.717, 1.165) is 6.42 Å². The maximum absolute atomic E-state index is 13.2. The number of unbranched alkanes of at least 4 members (excludes halogenated alkanes) is 1. The van der Waals surface area contributed by atoms with Crippen LogP contribution in [0.5, 0.6) is 0 Å². The molecule has 4 heteroatoms. The van der Waals surface area contributed by atoms with Gasteiger partial charge in [0, 0.05) is 17.5 Å². The number of benzene rings is 1. The fourth-order valence-electron chi connectivity index (χ4n) is 1.27. The monoisotopic (exact) mass is 242 g/mol. The van der Waals surface area contributed by atoms with E-state index in [0.29, 0.717) is 12.0 Å². The summed E-state index contributed by atoms with van der Waals surface area (Å²) in [6.07, 6.45) is 3.22. The van der Waals surface area contributed by atoms with E-state index in [4.69, 9.17) is 0 Å². The molecule has 0 heterocycles. The summed E-state index contributed by atoms with van der Waals surface area (Å²) in [7, 11) is -3.24. The van der Waals surface area contributed by atoms with Crippen molar-refractivity contribution in [2.75, 3.05) is 6.16 Å². The third-order valence-corrected chi connectivity index (χ3v) is 3.80. The molecule has 16 heavy (non-hydrogen) atoms. The van der Waals surface area contributed by atoms with Crippen molar-refractivity contribution in [1.82, 2.24) is 0 Å².